The maximum Gasteiger partial charge on any atom is 0.407 e. The Kier molecular flexibility index (Phi) is 11.7. The molecule has 2 amide bonds. The average Bonchev–Trinajstić information content (AvgIpc) is 3.71. The van der Waals surface area contributed by atoms with Gasteiger partial charge >= 0.3 is 12.2 Å². The molecule has 0 radical (unpaired) electrons. The van der Waals surface area contributed by atoms with Crippen LogP contribution < -0.4 is 15.4 Å². The molecule has 2 aliphatic heterocycles. The minimum absolute atomic E-state index is 0.0437. The monoisotopic (exact) mass is 667 g/mol. The van der Waals surface area contributed by atoms with Crippen molar-refractivity contribution < 1.29 is 41.7 Å². The van der Waals surface area contributed by atoms with Crippen molar-refractivity contribution in [3.8, 4) is 5.75 Å². The molecule has 3 heterocycles. The normalized spacial score (nSPS) is 21.3. The molecular weight excluding hydrogens is 622 g/mol. The highest BCUT2D eigenvalue weighted by Crippen LogP contribution is 2.33. The van der Waals surface area contributed by atoms with Gasteiger partial charge in [-0.15, -0.1) is 11.3 Å². The lowest BCUT2D eigenvalue weighted by Crippen LogP contribution is -2.59. The first-order chi connectivity index (χ1) is 21.2. The number of amides is 2. The summed E-state index contributed by atoms with van der Waals surface area (Å²) < 4.78 is 57.1. The number of hydrogen-bond acceptors (Lipinski definition) is 10. The summed E-state index contributed by atoms with van der Waals surface area (Å²) >= 11 is 1.49. The summed E-state index contributed by atoms with van der Waals surface area (Å²) in [6, 6.07) is 8.29. The zero-order valence-corrected chi connectivity index (χ0v) is 28.3. The fourth-order valence-corrected chi connectivity index (χ4v) is 7.73. The topological polar surface area (TPSA) is 142 Å². The van der Waals surface area contributed by atoms with Crippen LogP contribution in [0.3, 0.4) is 0 Å². The molecule has 1 aromatic carbocycles. The number of thiophene rings is 1. The van der Waals surface area contributed by atoms with Gasteiger partial charge in [0.25, 0.3) is 0 Å². The van der Waals surface area contributed by atoms with Crippen LogP contribution in [0.25, 0.3) is 0 Å². The highest BCUT2D eigenvalue weighted by molar-refractivity contribution is 7.89. The second-order valence-corrected chi connectivity index (χ2v) is 15.6. The van der Waals surface area contributed by atoms with E-state index in [1.807, 2.05) is 31.4 Å². The number of rotatable bonds is 13. The van der Waals surface area contributed by atoms with Crippen LogP contribution >= 0.6 is 11.3 Å². The minimum Gasteiger partial charge on any atom is -0.497 e. The summed E-state index contributed by atoms with van der Waals surface area (Å²) in [7, 11) is -2.52. The molecule has 0 saturated carbocycles. The molecular formula is C31H45N3O9S2. The number of alkyl carbamates (subject to hydrolysis) is 2. The van der Waals surface area contributed by atoms with E-state index in [1.165, 1.54) is 34.9 Å². The van der Waals surface area contributed by atoms with E-state index < -0.39 is 46.0 Å². The second kappa shape index (κ2) is 15.1. The summed E-state index contributed by atoms with van der Waals surface area (Å²) in [5, 5.41) is 7.72. The summed E-state index contributed by atoms with van der Waals surface area (Å²) in [5.41, 5.74) is -0.806. The van der Waals surface area contributed by atoms with E-state index in [0.29, 0.717) is 18.8 Å². The Balaban J connectivity index is 1.64. The van der Waals surface area contributed by atoms with Crippen molar-refractivity contribution in [3.63, 3.8) is 0 Å². The van der Waals surface area contributed by atoms with Gasteiger partial charge in [-0.3, -0.25) is 0 Å². The van der Waals surface area contributed by atoms with Gasteiger partial charge in [0.15, 0.2) is 6.29 Å². The van der Waals surface area contributed by atoms with E-state index in [2.05, 4.69) is 10.6 Å². The van der Waals surface area contributed by atoms with Crippen LogP contribution in [-0.4, -0.2) is 88.4 Å². The van der Waals surface area contributed by atoms with Gasteiger partial charge in [0.1, 0.15) is 17.5 Å². The van der Waals surface area contributed by atoms with Crippen molar-refractivity contribution in [1.82, 2.24) is 14.9 Å². The Bertz CT molecular complexity index is 1360. The number of nitrogens with one attached hydrogen (secondary N) is 2. The highest BCUT2D eigenvalue weighted by Gasteiger charge is 2.44. The van der Waals surface area contributed by atoms with Crippen molar-refractivity contribution >= 4 is 33.5 Å². The molecule has 5 atom stereocenters. The van der Waals surface area contributed by atoms with Crippen molar-refractivity contribution in [2.45, 2.75) is 82.4 Å². The van der Waals surface area contributed by atoms with Crippen LogP contribution in [0.4, 0.5) is 9.59 Å². The van der Waals surface area contributed by atoms with Crippen LogP contribution in [0.15, 0.2) is 46.7 Å². The van der Waals surface area contributed by atoms with Crippen molar-refractivity contribution in [2.24, 2.45) is 11.8 Å². The fourth-order valence-electron chi connectivity index (χ4n) is 5.34. The second-order valence-electron chi connectivity index (χ2n) is 12.6. The quantitative estimate of drug-likeness (QED) is 0.318. The van der Waals surface area contributed by atoms with Crippen molar-refractivity contribution in [3.05, 3.63) is 46.7 Å². The number of carbonyl (C=O) groups excluding carboxylic acids is 2. The van der Waals surface area contributed by atoms with Gasteiger partial charge in [-0.05, 0) is 68.8 Å². The third-order valence-corrected chi connectivity index (χ3v) is 10.1. The molecule has 2 fully saturated rings. The summed E-state index contributed by atoms with van der Waals surface area (Å²) in [4.78, 5) is 27.6. The number of fused-ring (bicyclic) bond motifs is 1. The van der Waals surface area contributed by atoms with Crippen molar-refractivity contribution in [1.29, 1.82) is 0 Å². The smallest absolute Gasteiger partial charge is 0.407 e. The molecule has 250 valence electrons. The van der Waals surface area contributed by atoms with E-state index >= 15 is 0 Å². The zero-order valence-electron chi connectivity index (χ0n) is 26.7. The summed E-state index contributed by atoms with van der Waals surface area (Å²) in [6.45, 7) is 9.82. The Labute approximate surface area is 269 Å². The maximum absolute atomic E-state index is 14.0. The van der Waals surface area contributed by atoms with Gasteiger partial charge in [0.2, 0.25) is 10.0 Å². The van der Waals surface area contributed by atoms with Gasteiger partial charge in [0.05, 0.1) is 43.2 Å². The maximum atomic E-state index is 14.0. The molecule has 2 aromatic rings. The first-order valence-corrected chi connectivity index (χ1v) is 17.4. The molecule has 45 heavy (non-hydrogen) atoms. The standard InChI is InChI=1S/C31H45N3O9S2/c1-20(2)17-34(45(37,38)23-11-9-21(39-6)10-12-23)18-26(33-30(36)43-31(3,4)5)25(16-22-8-7-15-44-22)32-29(35)42-27-19-41-28-24(27)13-14-40-28/h7-12,15,20,24-28H,13-14,16-19H2,1-6H3,(H,32,35)(H,33,36)/t24-,25-,26+,27-,28+/m0/s1. The Morgan fingerprint density at radius 3 is 2.38 bits per heavy atom. The highest BCUT2D eigenvalue weighted by atomic mass is 32.2. The number of sulfonamides is 1. The summed E-state index contributed by atoms with van der Waals surface area (Å²) in [6.07, 6.45) is -1.27. The predicted molar refractivity (Wildman–Crippen MR) is 169 cm³/mol. The lowest BCUT2D eigenvalue weighted by molar-refractivity contribution is -0.0907. The number of benzene rings is 1. The van der Waals surface area contributed by atoms with E-state index in [4.69, 9.17) is 23.7 Å². The Morgan fingerprint density at radius 2 is 1.76 bits per heavy atom. The number of methoxy groups -OCH3 is 1. The Hall–Kier alpha value is -2.91. The van der Waals surface area contributed by atoms with E-state index in [1.54, 1.807) is 32.9 Å². The number of ether oxygens (including phenoxy) is 5. The molecule has 1 aromatic heterocycles. The lowest BCUT2D eigenvalue weighted by Gasteiger charge is -2.34. The molecule has 0 spiro atoms. The Morgan fingerprint density at radius 1 is 1.04 bits per heavy atom. The third kappa shape index (κ3) is 9.79. The molecule has 4 rings (SSSR count). The van der Waals surface area contributed by atoms with Crippen LogP contribution in [0, 0.1) is 11.8 Å². The number of carbonyl (C=O) groups is 2. The molecule has 0 bridgehead atoms. The molecule has 14 heteroatoms. The fraction of sp³-hybridized carbons (Fsp3) is 0.613. The molecule has 12 nitrogen and oxygen atoms in total. The van der Waals surface area contributed by atoms with E-state index in [9.17, 15) is 18.0 Å². The van der Waals surface area contributed by atoms with Gasteiger partial charge in [-0.25, -0.2) is 18.0 Å². The lowest BCUT2D eigenvalue weighted by atomic mass is 10.0. The van der Waals surface area contributed by atoms with Crippen molar-refractivity contribution in [2.75, 3.05) is 33.4 Å². The van der Waals surface area contributed by atoms with Gasteiger partial charge in [-0.2, -0.15) is 4.31 Å². The van der Waals surface area contributed by atoms with Crippen LogP contribution in [0.1, 0.15) is 45.9 Å². The van der Waals surface area contributed by atoms with E-state index in [-0.39, 0.29) is 42.7 Å². The molecule has 0 unspecified atom stereocenters. The molecule has 2 saturated heterocycles. The zero-order chi connectivity index (χ0) is 32.8. The van der Waals surface area contributed by atoms with Gasteiger partial charge in [-0.1, -0.05) is 19.9 Å². The number of nitrogens with zero attached hydrogens (tertiary/aromatic N) is 1. The first kappa shape index (κ1) is 35.0. The van der Waals surface area contributed by atoms with Gasteiger partial charge in [0, 0.05) is 24.4 Å². The first-order valence-electron chi connectivity index (χ1n) is 15.1. The largest absolute Gasteiger partial charge is 0.497 e. The summed E-state index contributed by atoms with van der Waals surface area (Å²) in [5.74, 6) is 0.423. The minimum atomic E-state index is -4.03. The SMILES string of the molecule is COc1ccc(S(=O)(=O)N(CC(C)C)C[C@@H](NC(=O)OC(C)(C)C)[C@H](Cc2cccs2)NC(=O)O[C@H]2CO[C@H]3OCC[C@H]32)cc1. The third-order valence-electron chi connectivity index (χ3n) is 7.40. The molecule has 2 N–H and O–H groups in total. The molecule has 2 aliphatic rings. The van der Waals surface area contributed by atoms with Crippen LogP contribution in [-0.2, 0) is 35.4 Å². The predicted octanol–water partition coefficient (Wildman–Crippen LogP) is 4.40. The van der Waals surface area contributed by atoms with E-state index in [0.717, 1.165) is 11.3 Å². The van der Waals surface area contributed by atoms with Gasteiger partial charge < -0.3 is 34.3 Å². The van der Waals surface area contributed by atoms with Crippen LogP contribution in [0.5, 0.6) is 5.75 Å². The molecule has 0 aliphatic carbocycles. The van der Waals surface area contributed by atoms with Crippen LogP contribution in [0.2, 0.25) is 0 Å². The average molecular weight is 668 g/mol. The number of hydrogen-bond donors (Lipinski definition) is 2.